The summed E-state index contributed by atoms with van der Waals surface area (Å²) in [6.07, 6.45) is 6.20. The van der Waals surface area contributed by atoms with Crippen molar-refractivity contribution in [2.75, 3.05) is 151 Å². The van der Waals surface area contributed by atoms with Gasteiger partial charge in [-0.1, -0.05) is 56.2 Å². The Morgan fingerprint density at radius 3 is 1.69 bits per heavy atom. The molecule has 0 bridgehead atoms. The molecule has 0 aromatic heterocycles. The Balaban J connectivity index is 0.646. The first-order valence-corrected chi connectivity index (χ1v) is 37.2. The van der Waals surface area contributed by atoms with Crippen LogP contribution < -0.4 is 34.5 Å². The minimum Gasteiger partial charge on any atom is -0.493 e. The van der Waals surface area contributed by atoms with Crippen LogP contribution in [0.4, 0.5) is 16.2 Å². The van der Waals surface area contributed by atoms with E-state index in [2.05, 4.69) is 15.6 Å². The third-order valence-electron chi connectivity index (χ3n) is 18.7. The number of carbonyl (C=O) groups excluding carboxylic acids is 9. The van der Waals surface area contributed by atoms with Gasteiger partial charge in [-0.25, -0.2) is 9.69 Å². The second-order valence-corrected chi connectivity index (χ2v) is 27.4. The van der Waals surface area contributed by atoms with Crippen molar-refractivity contribution in [2.45, 2.75) is 137 Å². The number of fused-ring (bicyclic) bond motifs is 4. The monoisotopic (exact) mass is 1510 g/mol. The van der Waals surface area contributed by atoms with Crippen LogP contribution in [0, 0.1) is 17.8 Å². The normalized spacial score (nSPS) is 17.9. The quantitative estimate of drug-likeness (QED) is 0.0377. The lowest BCUT2D eigenvalue weighted by Gasteiger charge is -2.31. The summed E-state index contributed by atoms with van der Waals surface area (Å²) in [6.45, 7) is 17.3. The Morgan fingerprint density at radius 2 is 1.13 bits per heavy atom. The number of ketones is 2. The fraction of sp³-hybridized carbons (Fsp3) is 0.590. The first-order valence-electron chi connectivity index (χ1n) is 37.2. The lowest BCUT2D eigenvalue weighted by atomic mass is 9.88. The van der Waals surface area contributed by atoms with Gasteiger partial charge in [0.1, 0.15) is 12.4 Å². The molecule has 0 radical (unpaired) electrons. The molecule has 5 aliphatic rings. The second kappa shape index (κ2) is 44.1. The van der Waals surface area contributed by atoms with Crippen LogP contribution in [0.25, 0.3) is 0 Å². The highest BCUT2D eigenvalue weighted by Crippen LogP contribution is 2.43. The number of unbranched alkanes of at least 4 members (excludes halogenated alkanes) is 2. The van der Waals surface area contributed by atoms with Gasteiger partial charge < -0.3 is 87.1 Å². The summed E-state index contributed by atoms with van der Waals surface area (Å²) in [4.78, 5) is 128. The summed E-state index contributed by atoms with van der Waals surface area (Å²) in [5.41, 5.74) is 4.27. The van der Waals surface area contributed by atoms with Crippen molar-refractivity contribution in [1.29, 1.82) is 0 Å². The van der Waals surface area contributed by atoms with E-state index in [1.54, 1.807) is 67.6 Å². The van der Waals surface area contributed by atoms with Gasteiger partial charge in [-0.15, -0.1) is 0 Å². The van der Waals surface area contributed by atoms with Gasteiger partial charge in [0.2, 0.25) is 23.6 Å². The van der Waals surface area contributed by atoms with Crippen LogP contribution in [0.1, 0.15) is 131 Å². The number of rotatable bonds is 50. The van der Waals surface area contributed by atoms with E-state index in [4.69, 9.17) is 61.6 Å². The fourth-order valence-corrected chi connectivity index (χ4v) is 12.6. The van der Waals surface area contributed by atoms with E-state index in [1.807, 2.05) is 33.9 Å². The topological polar surface area (TPSA) is 343 Å². The number of aliphatic imine (C=N–C) groups is 1. The highest BCUT2D eigenvalue weighted by atomic mass is 16.6. The smallest absolute Gasteiger partial charge is 0.416 e. The number of amides is 7. The molecule has 7 amide bonds. The Labute approximate surface area is 631 Å². The summed E-state index contributed by atoms with van der Waals surface area (Å²) in [5.74, 6) is -1.91. The maximum atomic E-state index is 14.3. The maximum absolute atomic E-state index is 14.3. The minimum atomic E-state index is -1.51. The zero-order chi connectivity index (χ0) is 77.5. The number of imide groups is 1. The van der Waals surface area contributed by atoms with E-state index in [1.165, 1.54) is 31.3 Å². The predicted octanol–water partition coefficient (Wildman–Crippen LogP) is 7.03. The van der Waals surface area contributed by atoms with Crippen LogP contribution in [0.5, 0.6) is 23.0 Å². The number of carbonyl (C=O) groups is 9. The number of benzene rings is 3. The number of methoxy groups -OCH3 is 2. The number of likely N-dealkylation sites (tertiary alicyclic amines) is 1. The average molecular weight is 1510 g/mol. The number of ether oxygens (including phenoxy) is 13. The number of aliphatic hydroxyl groups is 1. The van der Waals surface area contributed by atoms with Crippen LogP contribution in [0.3, 0.4) is 0 Å². The van der Waals surface area contributed by atoms with Crippen molar-refractivity contribution in [1.82, 2.24) is 25.3 Å². The van der Waals surface area contributed by atoms with Gasteiger partial charge >= 0.3 is 6.09 Å². The lowest BCUT2D eigenvalue weighted by Crippen LogP contribution is -2.50. The molecule has 3 aromatic carbocycles. The average Bonchev–Trinajstić information content (AvgIpc) is 1.66. The molecule has 8 rings (SSSR count). The number of anilines is 1. The third kappa shape index (κ3) is 25.4. The van der Waals surface area contributed by atoms with Gasteiger partial charge in [0.15, 0.2) is 35.0 Å². The van der Waals surface area contributed by atoms with Crippen LogP contribution in [-0.2, 0) is 84.4 Å². The zero-order valence-electron chi connectivity index (χ0n) is 63.5. The molecule has 592 valence electrons. The standard InChI is InChI=1S/C78H107N7O23/c1-51(2)60(42-59(86)17-22-98-24-26-100-28-30-102-32-34-104-36-37-105-35-33-103-31-29-101-27-25-99-23-18-79-71(88)16-19-82-72(89)40-54(5)74(82)91)73(90)81-55(6)66(87)41-56-12-14-57(15-13-56)50-108-78(95)85-64-46-70(68(97-8)44-62(64)76(93)84-49-53(4)39-65(84)77(85)94)107-21-11-9-10-20-106-69-45-63-61(43-67(69)96-7)75(92)83-48-52(3)38-58(83)47-80-63/h12-15,43-49,51,54-55,58,60,65,77,94H,9-11,16-42,50H2,1-8H3,(H,79,88)(H,81,90)/t54?,55-,58-,60-,65-,77-/m0/s1. The summed E-state index contributed by atoms with van der Waals surface area (Å²) in [5, 5.41) is 17.5. The van der Waals surface area contributed by atoms with Crippen LogP contribution in [0.15, 0.2) is 77.1 Å². The first kappa shape index (κ1) is 84.9. The summed E-state index contributed by atoms with van der Waals surface area (Å²) >= 11 is 0. The van der Waals surface area contributed by atoms with E-state index in [-0.39, 0.29) is 141 Å². The van der Waals surface area contributed by atoms with Crippen molar-refractivity contribution in [2.24, 2.45) is 22.7 Å². The third-order valence-corrected chi connectivity index (χ3v) is 18.7. The van der Waals surface area contributed by atoms with Crippen LogP contribution >= 0.6 is 0 Å². The number of Topliss-reactive ketones (excluding diaryl/α,β-unsaturated/α-hetero) is 2. The molecule has 6 atom stereocenters. The Morgan fingerprint density at radius 1 is 0.602 bits per heavy atom. The number of hydrogen-bond donors (Lipinski definition) is 3. The minimum absolute atomic E-state index is 0.0110. The Hall–Kier alpha value is -8.72. The van der Waals surface area contributed by atoms with Crippen molar-refractivity contribution in [3.05, 3.63) is 94.3 Å². The van der Waals surface area contributed by atoms with Gasteiger partial charge in [-0.3, -0.25) is 48.2 Å². The molecule has 1 fully saturated rings. The molecule has 1 saturated heterocycles. The molecular weight excluding hydrogens is 1400 g/mol. The van der Waals surface area contributed by atoms with Gasteiger partial charge in [-0.05, 0) is 82.1 Å². The molecule has 0 aliphatic carbocycles. The molecule has 30 nitrogen and oxygen atoms in total. The molecule has 0 saturated carbocycles. The van der Waals surface area contributed by atoms with Crippen molar-refractivity contribution in [3.63, 3.8) is 0 Å². The number of aliphatic hydroxyl groups excluding tert-OH is 1. The van der Waals surface area contributed by atoms with Crippen LogP contribution in [0.2, 0.25) is 0 Å². The molecule has 1 unspecified atom stereocenters. The van der Waals surface area contributed by atoms with Crippen molar-refractivity contribution < 1.29 is 110 Å². The Kier molecular flexibility index (Phi) is 34.6. The molecule has 0 spiro atoms. The number of hydrogen-bond acceptors (Lipinski definition) is 24. The van der Waals surface area contributed by atoms with E-state index in [0.29, 0.717) is 165 Å². The summed E-state index contributed by atoms with van der Waals surface area (Å²) in [6, 6.07) is 11.5. The lowest BCUT2D eigenvalue weighted by molar-refractivity contribution is -0.139. The van der Waals surface area contributed by atoms with E-state index in [0.717, 1.165) is 27.4 Å². The van der Waals surface area contributed by atoms with E-state index < -0.39 is 42.1 Å². The SMILES string of the molecule is COc1cc2c(cc1OCCCCCOc1cc3c(cc1OC)C(=O)N1C=C(C)C[C@H]1[C@H](O)N3C(=O)OCc1ccc(CC(=O)[C@H](C)NC(=O)[C@@H](CC(=O)CCOCCOCCOCCOCCOCCOCCOCCOCCNC(=O)CCN3C(=O)CC(C)C3=O)C(C)C)cc1)N=C[C@@H]1CC(C)=CN1C2=O. The second-order valence-electron chi connectivity index (χ2n) is 27.4. The first-order chi connectivity index (χ1) is 52.1. The molecule has 5 heterocycles. The summed E-state index contributed by atoms with van der Waals surface area (Å²) < 4.78 is 73.8. The molecule has 30 heteroatoms. The maximum Gasteiger partial charge on any atom is 0.416 e. The van der Waals surface area contributed by atoms with E-state index >= 15 is 0 Å². The zero-order valence-corrected chi connectivity index (χ0v) is 63.5. The molecule has 5 aliphatic heterocycles. The molecular formula is C78H107N7O23. The fourth-order valence-electron chi connectivity index (χ4n) is 12.6. The number of nitrogens with one attached hydrogen (secondary N) is 2. The van der Waals surface area contributed by atoms with Gasteiger partial charge in [0, 0.05) is 87.8 Å². The molecule has 3 N–H and O–H groups in total. The molecule has 3 aromatic rings. The highest BCUT2D eigenvalue weighted by Gasteiger charge is 2.45. The summed E-state index contributed by atoms with van der Waals surface area (Å²) in [7, 11) is 2.97. The molecule has 108 heavy (non-hydrogen) atoms. The van der Waals surface area contributed by atoms with Crippen molar-refractivity contribution in [3.8, 4) is 23.0 Å². The van der Waals surface area contributed by atoms with Gasteiger partial charge in [-0.2, -0.15) is 0 Å². The van der Waals surface area contributed by atoms with Gasteiger partial charge in [0.05, 0.1) is 174 Å². The van der Waals surface area contributed by atoms with E-state index in [9.17, 15) is 48.3 Å². The predicted molar refractivity (Wildman–Crippen MR) is 394 cm³/mol. The van der Waals surface area contributed by atoms with Crippen molar-refractivity contribution >= 4 is 70.7 Å². The largest absolute Gasteiger partial charge is 0.493 e. The van der Waals surface area contributed by atoms with Crippen LogP contribution in [-0.4, -0.2) is 250 Å². The van der Waals surface area contributed by atoms with Gasteiger partial charge in [0.25, 0.3) is 11.8 Å². The highest BCUT2D eigenvalue weighted by molar-refractivity contribution is 6.07. The Bertz CT molecular complexity index is 3620. The number of nitrogens with zero attached hydrogens (tertiary/aromatic N) is 5.